The Hall–Kier alpha value is 0.690. The van der Waals surface area contributed by atoms with Gasteiger partial charge in [0.1, 0.15) is 0 Å². The molecule has 0 heterocycles. The quantitative estimate of drug-likeness (QED) is 0.590. The molecule has 2 aliphatic carbocycles. The molecule has 2 rings (SSSR count). The molecule has 1 N–H and O–H groups in total. The van der Waals surface area contributed by atoms with Gasteiger partial charge in [0.05, 0.1) is 0 Å². The normalized spacial score (nSPS) is 42.8. The van der Waals surface area contributed by atoms with E-state index in [4.69, 9.17) is 0 Å². The molecule has 2 heteroatoms. The van der Waals surface area contributed by atoms with Crippen LogP contribution in [0, 0.1) is 17.8 Å². The van der Waals surface area contributed by atoms with Crippen molar-refractivity contribution in [1.82, 2.24) is 3.53 Å². The van der Waals surface area contributed by atoms with Crippen LogP contribution >= 0.6 is 22.9 Å². The van der Waals surface area contributed by atoms with Crippen LogP contribution in [0.2, 0.25) is 0 Å². The first-order chi connectivity index (χ1) is 7.29. The number of rotatable bonds is 2. The van der Waals surface area contributed by atoms with Crippen molar-refractivity contribution in [2.24, 2.45) is 17.8 Å². The maximum absolute atomic E-state index is 3.40. The molecule has 0 aromatic carbocycles. The van der Waals surface area contributed by atoms with Crippen molar-refractivity contribution in [2.45, 2.75) is 64.3 Å². The third-order valence-corrected chi connectivity index (χ3v) is 5.53. The maximum atomic E-state index is 3.40. The molecule has 0 atom stereocenters. The van der Waals surface area contributed by atoms with Gasteiger partial charge < -0.3 is 0 Å². The Kier molecular flexibility index (Phi) is 4.74. The maximum Gasteiger partial charge on any atom is 0.0172 e. The summed E-state index contributed by atoms with van der Waals surface area (Å²) < 4.78 is 3.40. The fourth-order valence-electron chi connectivity index (χ4n) is 3.46. The summed E-state index contributed by atoms with van der Waals surface area (Å²) >= 11 is 2.32. The molecule has 0 saturated heterocycles. The summed E-state index contributed by atoms with van der Waals surface area (Å²) in [4.78, 5) is 0. The van der Waals surface area contributed by atoms with Crippen LogP contribution in [-0.2, 0) is 0 Å². The molecule has 0 unspecified atom stereocenters. The minimum atomic E-state index is 0.810. The van der Waals surface area contributed by atoms with Gasteiger partial charge in [-0.15, -0.1) is 0 Å². The van der Waals surface area contributed by atoms with Gasteiger partial charge in [0, 0.05) is 28.9 Å². The highest BCUT2D eigenvalue weighted by Crippen LogP contribution is 2.39. The Morgan fingerprint density at radius 2 is 1.27 bits per heavy atom. The SMILES string of the molecule is CC1CCC(C2CCC(NI)CC2)CC1. The topological polar surface area (TPSA) is 12.0 Å². The first-order valence-corrected chi connectivity index (χ1v) is 7.73. The van der Waals surface area contributed by atoms with Crippen molar-refractivity contribution in [3.8, 4) is 0 Å². The molecular weight excluding hydrogens is 297 g/mol. The number of halogens is 1. The van der Waals surface area contributed by atoms with Crippen molar-refractivity contribution in [1.29, 1.82) is 0 Å². The summed E-state index contributed by atoms with van der Waals surface area (Å²) in [7, 11) is 0. The molecule has 0 amide bonds. The zero-order valence-corrected chi connectivity index (χ0v) is 12.0. The van der Waals surface area contributed by atoms with Gasteiger partial charge in [-0.3, -0.25) is 3.53 Å². The second-order valence-corrected chi connectivity index (χ2v) is 6.36. The highest BCUT2D eigenvalue weighted by Gasteiger charge is 2.29. The molecule has 1 nitrogen and oxygen atoms in total. The van der Waals surface area contributed by atoms with Crippen LogP contribution < -0.4 is 3.53 Å². The van der Waals surface area contributed by atoms with Crippen molar-refractivity contribution in [3.05, 3.63) is 0 Å². The molecule has 0 spiro atoms. The third kappa shape index (κ3) is 3.32. The van der Waals surface area contributed by atoms with E-state index in [9.17, 15) is 0 Å². The Morgan fingerprint density at radius 1 is 0.800 bits per heavy atom. The second-order valence-electron chi connectivity index (χ2n) is 5.74. The third-order valence-electron chi connectivity index (χ3n) is 4.65. The van der Waals surface area contributed by atoms with E-state index in [0.29, 0.717) is 0 Å². The molecule has 0 aromatic rings. The monoisotopic (exact) mass is 321 g/mol. The van der Waals surface area contributed by atoms with E-state index in [1.165, 1.54) is 51.4 Å². The molecule has 0 bridgehead atoms. The largest absolute Gasteiger partial charge is 0.258 e. The molecule has 2 aliphatic rings. The highest BCUT2D eigenvalue weighted by atomic mass is 127. The lowest BCUT2D eigenvalue weighted by atomic mass is 9.71. The van der Waals surface area contributed by atoms with Gasteiger partial charge in [-0.05, 0) is 56.3 Å². The minimum absolute atomic E-state index is 0.810. The lowest BCUT2D eigenvalue weighted by molar-refractivity contribution is 0.164. The van der Waals surface area contributed by atoms with E-state index in [0.717, 1.165) is 23.8 Å². The summed E-state index contributed by atoms with van der Waals surface area (Å²) in [5.41, 5.74) is 0. The summed E-state index contributed by atoms with van der Waals surface area (Å²) in [5, 5.41) is 0. The standard InChI is InChI=1S/C13H24IN/c1-10-2-4-11(5-3-10)12-6-8-13(15-14)9-7-12/h10-13,15H,2-9H2,1H3. The Balaban J connectivity index is 1.75. The Labute approximate surface area is 108 Å². The highest BCUT2D eigenvalue weighted by molar-refractivity contribution is 14.1. The van der Waals surface area contributed by atoms with Crippen molar-refractivity contribution in [3.63, 3.8) is 0 Å². The van der Waals surface area contributed by atoms with E-state index in [1.807, 2.05) is 0 Å². The van der Waals surface area contributed by atoms with Crippen LogP contribution in [0.15, 0.2) is 0 Å². The van der Waals surface area contributed by atoms with Gasteiger partial charge in [0.2, 0.25) is 0 Å². The van der Waals surface area contributed by atoms with Gasteiger partial charge in [-0.1, -0.05) is 19.8 Å². The van der Waals surface area contributed by atoms with E-state index in [-0.39, 0.29) is 0 Å². The number of hydrogen-bond acceptors (Lipinski definition) is 1. The van der Waals surface area contributed by atoms with E-state index in [1.54, 1.807) is 0 Å². The van der Waals surface area contributed by atoms with E-state index >= 15 is 0 Å². The Bertz CT molecular complexity index is 179. The zero-order valence-electron chi connectivity index (χ0n) is 9.84. The first-order valence-electron chi connectivity index (χ1n) is 6.65. The number of hydrogen-bond donors (Lipinski definition) is 1. The molecule has 88 valence electrons. The van der Waals surface area contributed by atoms with Gasteiger partial charge in [-0.25, -0.2) is 0 Å². The van der Waals surface area contributed by atoms with Crippen LogP contribution in [-0.4, -0.2) is 6.04 Å². The Morgan fingerprint density at radius 3 is 1.73 bits per heavy atom. The van der Waals surface area contributed by atoms with Gasteiger partial charge in [-0.2, -0.15) is 0 Å². The summed E-state index contributed by atoms with van der Waals surface area (Å²) in [6.45, 7) is 2.42. The molecule has 0 aliphatic heterocycles. The fraction of sp³-hybridized carbons (Fsp3) is 1.00. The second kappa shape index (κ2) is 5.85. The average Bonchev–Trinajstić information content (AvgIpc) is 2.30. The van der Waals surface area contributed by atoms with Crippen LogP contribution in [0.1, 0.15) is 58.3 Å². The lowest BCUT2D eigenvalue weighted by Gasteiger charge is -2.36. The first kappa shape index (κ1) is 12.2. The predicted molar refractivity (Wildman–Crippen MR) is 74.0 cm³/mol. The van der Waals surface area contributed by atoms with Crippen molar-refractivity contribution >= 4 is 22.9 Å². The van der Waals surface area contributed by atoms with Gasteiger partial charge in [0.15, 0.2) is 0 Å². The zero-order chi connectivity index (χ0) is 10.7. The van der Waals surface area contributed by atoms with Crippen LogP contribution in [0.25, 0.3) is 0 Å². The van der Waals surface area contributed by atoms with Crippen LogP contribution in [0.4, 0.5) is 0 Å². The smallest absolute Gasteiger partial charge is 0.0172 e. The molecule has 2 fully saturated rings. The number of nitrogens with one attached hydrogen (secondary N) is 1. The lowest BCUT2D eigenvalue weighted by Crippen LogP contribution is -2.31. The summed E-state index contributed by atoms with van der Waals surface area (Å²) in [5.74, 6) is 3.16. The average molecular weight is 321 g/mol. The van der Waals surface area contributed by atoms with Crippen molar-refractivity contribution < 1.29 is 0 Å². The van der Waals surface area contributed by atoms with E-state index in [2.05, 4.69) is 33.3 Å². The molecule has 0 aromatic heterocycles. The fourth-order valence-corrected chi connectivity index (χ4v) is 4.08. The molecule has 15 heavy (non-hydrogen) atoms. The van der Waals surface area contributed by atoms with Crippen LogP contribution in [0.5, 0.6) is 0 Å². The predicted octanol–water partition coefficient (Wildman–Crippen LogP) is 4.31. The van der Waals surface area contributed by atoms with Gasteiger partial charge in [0.25, 0.3) is 0 Å². The summed E-state index contributed by atoms with van der Waals surface area (Å²) in [6.07, 6.45) is 11.8. The molecule has 2 saturated carbocycles. The molecule has 0 radical (unpaired) electrons. The van der Waals surface area contributed by atoms with Gasteiger partial charge >= 0.3 is 0 Å². The minimum Gasteiger partial charge on any atom is -0.258 e. The van der Waals surface area contributed by atoms with E-state index < -0.39 is 0 Å². The molecular formula is C13H24IN. The van der Waals surface area contributed by atoms with Crippen molar-refractivity contribution in [2.75, 3.05) is 0 Å². The van der Waals surface area contributed by atoms with Crippen LogP contribution in [0.3, 0.4) is 0 Å². The summed E-state index contributed by atoms with van der Waals surface area (Å²) in [6, 6.07) is 0.810.